The van der Waals surface area contributed by atoms with Crippen molar-refractivity contribution in [1.82, 2.24) is 0 Å². The van der Waals surface area contributed by atoms with E-state index in [1.165, 1.54) is 44.9 Å². The first-order valence-electron chi connectivity index (χ1n) is 6.96. The lowest BCUT2D eigenvalue weighted by Gasteiger charge is -2.24. The molecule has 104 valence electrons. The van der Waals surface area contributed by atoms with E-state index in [0.717, 1.165) is 12.5 Å². The van der Waals surface area contributed by atoms with Gasteiger partial charge in [0.15, 0.2) is 0 Å². The van der Waals surface area contributed by atoms with Crippen molar-refractivity contribution in [2.75, 3.05) is 20.4 Å². The quantitative estimate of drug-likeness (QED) is 0.433. The van der Waals surface area contributed by atoms with Crippen LogP contribution in [-0.2, 0) is 8.85 Å². The molecule has 0 aromatic heterocycles. The maximum absolute atomic E-state index is 9.29. The summed E-state index contributed by atoms with van der Waals surface area (Å²) in [5.74, 6) is 0. The molecule has 0 spiro atoms. The maximum Gasteiger partial charge on any atom is 0.363 e. The van der Waals surface area contributed by atoms with Crippen molar-refractivity contribution in [1.29, 1.82) is 0 Å². The zero-order chi connectivity index (χ0) is 13.0. The first kappa shape index (κ1) is 17.1. The molecule has 4 heteroatoms. The Morgan fingerprint density at radius 3 is 1.71 bits per heavy atom. The standard InChI is InChI=1S/C13H30O3Si/c1-4-5-6-7-8-9-10-11-12-17(13-14,15-2)16-3/h14H,4-13H2,1-3H3. The highest BCUT2D eigenvalue weighted by atomic mass is 28.4. The Bertz CT molecular complexity index is 152. The number of unbranched alkanes of at least 4 members (excludes halogenated alkanes) is 7. The fourth-order valence-electron chi connectivity index (χ4n) is 2.02. The number of aliphatic hydroxyl groups excluding tert-OH is 1. The zero-order valence-electron chi connectivity index (χ0n) is 11.8. The lowest BCUT2D eigenvalue weighted by atomic mass is 10.1. The molecule has 0 aliphatic carbocycles. The summed E-state index contributed by atoms with van der Waals surface area (Å²) in [7, 11) is 1.06. The minimum Gasteiger partial charge on any atom is -0.396 e. The number of rotatable bonds is 12. The number of aliphatic hydroxyl groups is 1. The molecule has 0 atom stereocenters. The fraction of sp³-hybridized carbons (Fsp3) is 1.00. The second-order valence-corrected chi connectivity index (χ2v) is 8.16. The van der Waals surface area contributed by atoms with Crippen molar-refractivity contribution in [3.05, 3.63) is 0 Å². The van der Waals surface area contributed by atoms with E-state index in [1.807, 2.05) is 0 Å². The van der Waals surface area contributed by atoms with Gasteiger partial charge in [0.25, 0.3) is 0 Å². The van der Waals surface area contributed by atoms with Crippen molar-refractivity contribution in [3.63, 3.8) is 0 Å². The summed E-state index contributed by atoms with van der Waals surface area (Å²) < 4.78 is 10.7. The van der Waals surface area contributed by atoms with E-state index < -0.39 is 8.56 Å². The Labute approximate surface area is 108 Å². The van der Waals surface area contributed by atoms with Gasteiger partial charge in [0.05, 0.1) is 6.23 Å². The molecule has 0 aromatic carbocycles. The first-order chi connectivity index (χ1) is 8.24. The Hall–Kier alpha value is 0.0969. The summed E-state index contributed by atoms with van der Waals surface area (Å²) >= 11 is 0. The SMILES string of the molecule is CCCCCCCCCC[Si](CO)(OC)OC. The van der Waals surface area contributed by atoms with Gasteiger partial charge in [-0.2, -0.15) is 0 Å². The van der Waals surface area contributed by atoms with Gasteiger partial charge in [-0.3, -0.25) is 0 Å². The average molecular weight is 262 g/mol. The van der Waals surface area contributed by atoms with Crippen LogP contribution in [0.1, 0.15) is 58.3 Å². The predicted octanol–water partition coefficient (Wildman–Crippen LogP) is 3.39. The normalized spacial score (nSPS) is 12.0. The third kappa shape index (κ3) is 7.92. The average Bonchev–Trinajstić information content (AvgIpc) is 2.38. The molecule has 17 heavy (non-hydrogen) atoms. The molecule has 0 rings (SSSR count). The van der Waals surface area contributed by atoms with Crippen molar-refractivity contribution in [3.8, 4) is 0 Å². The molecule has 0 amide bonds. The molecule has 0 bridgehead atoms. The summed E-state index contributed by atoms with van der Waals surface area (Å²) in [6, 6.07) is 0.908. The molecule has 0 fully saturated rings. The molecular formula is C13H30O3Si. The Morgan fingerprint density at radius 2 is 1.29 bits per heavy atom. The van der Waals surface area contributed by atoms with Crippen LogP contribution in [0.25, 0.3) is 0 Å². The molecule has 0 saturated carbocycles. The highest BCUT2D eigenvalue weighted by Crippen LogP contribution is 2.17. The topological polar surface area (TPSA) is 38.7 Å². The van der Waals surface area contributed by atoms with Crippen molar-refractivity contribution in [2.45, 2.75) is 64.3 Å². The Kier molecular flexibility index (Phi) is 11.3. The maximum atomic E-state index is 9.29. The van der Waals surface area contributed by atoms with E-state index in [4.69, 9.17) is 8.85 Å². The highest BCUT2D eigenvalue weighted by Gasteiger charge is 2.33. The van der Waals surface area contributed by atoms with Gasteiger partial charge in [-0.25, -0.2) is 0 Å². The largest absolute Gasteiger partial charge is 0.396 e. The highest BCUT2D eigenvalue weighted by molar-refractivity contribution is 6.67. The molecule has 0 radical (unpaired) electrons. The lowest BCUT2D eigenvalue weighted by molar-refractivity contribution is 0.195. The van der Waals surface area contributed by atoms with Crippen LogP contribution in [0.2, 0.25) is 6.04 Å². The summed E-state index contributed by atoms with van der Waals surface area (Å²) in [4.78, 5) is 0. The fourth-order valence-corrected chi connectivity index (χ4v) is 3.80. The van der Waals surface area contributed by atoms with E-state index in [-0.39, 0.29) is 6.23 Å². The van der Waals surface area contributed by atoms with Gasteiger partial charge in [0, 0.05) is 14.2 Å². The van der Waals surface area contributed by atoms with Crippen LogP contribution in [-0.4, -0.2) is 34.1 Å². The van der Waals surface area contributed by atoms with Crippen LogP contribution in [0.4, 0.5) is 0 Å². The van der Waals surface area contributed by atoms with Crippen LogP contribution >= 0.6 is 0 Å². The van der Waals surface area contributed by atoms with E-state index in [1.54, 1.807) is 14.2 Å². The van der Waals surface area contributed by atoms with Crippen LogP contribution in [0.15, 0.2) is 0 Å². The number of hydrogen-bond acceptors (Lipinski definition) is 3. The van der Waals surface area contributed by atoms with Gasteiger partial charge < -0.3 is 14.0 Å². The van der Waals surface area contributed by atoms with Crippen molar-refractivity contribution < 1.29 is 14.0 Å². The number of hydrogen-bond donors (Lipinski definition) is 1. The van der Waals surface area contributed by atoms with E-state index in [0.29, 0.717) is 0 Å². The van der Waals surface area contributed by atoms with Crippen LogP contribution in [0.5, 0.6) is 0 Å². The van der Waals surface area contributed by atoms with Crippen LogP contribution in [0, 0.1) is 0 Å². The monoisotopic (exact) mass is 262 g/mol. The molecule has 0 saturated heterocycles. The van der Waals surface area contributed by atoms with Gasteiger partial charge >= 0.3 is 8.56 Å². The summed E-state index contributed by atoms with van der Waals surface area (Å²) in [5, 5.41) is 9.29. The second-order valence-electron chi connectivity index (χ2n) is 4.70. The van der Waals surface area contributed by atoms with Crippen molar-refractivity contribution in [2.24, 2.45) is 0 Å². The minimum absolute atomic E-state index is 0.0660. The molecule has 0 aliphatic rings. The Balaban J connectivity index is 3.43. The smallest absolute Gasteiger partial charge is 0.363 e. The van der Waals surface area contributed by atoms with Crippen LogP contribution < -0.4 is 0 Å². The van der Waals surface area contributed by atoms with Gasteiger partial charge in [-0.1, -0.05) is 58.3 Å². The van der Waals surface area contributed by atoms with E-state index >= 15 is 0 Å². The predicted molar refractivity (Wildman–Crippen MR) is 74.3 cm³/mol. The molecule has 1 N–H and O–H groups in total. The third-order valence-electron chi connectivity index (χ3n) is 3.40. The first-order valence-corrected chi connectivity index (χ1v) is 9.19. The second kappa shape index (κ2) is 11.2. The zero-order valence-corrected chi connectivity index (χ0v) is 12.8. The lowest BCUT2D eigenvalue weighted by Crippen LogP contribution is -2.44. The molecular weight excluding hydrogens is 232 g/mol. The van der Waals surface area contributed by atoms with Crippen molar-refractivity contribution >= 4 is 8.56 Å². The molecule has 0 heterocycles. The van der Waals surface area contributed by atoms with Gasteiger partial charge in [-0.05, 0) is 6.04 Å². The van der Waals surface area contributed by atoms with Gasteiger partial charge in [0.2, 0.25) is 0 Å². The summed E-state index contributed by atoms with van der Waals surface area (Å²) in [6.45, 7) is 2.24. The van der Waals surface area contributed by atoms with Gasteiger partial charge in [-0.15, -0.1) is 0 Å². The summed E-state index contributed by atoms with van der Waals surface area (Å²) in [6.07, 6.45) is 10.5. The minimum atomic E-state index is -2.24. The molecule has 0 aromatic rings. The van der Waals surface area contributed by atoms with E-state index in [2.05, 4.69) is 6.92 Å². The summed E-state index contributed by atoms with van der Waals surface area (Å²) in [5.41, 5.74) is 0. The van der Waals surface area contributed by atoms with Crippen LogP contribution in [0.3, 0.4) is 0 Å². The molecule has 0 unspecified atom stereocenters. The van der Waals surface area contributed by atoms with Gasteiger partial charge in [0.1, 0.15) is 0 Å². The molecule has 3 nitrogen and oxygen atoms in total. The Morgan fingerprint density at radius 1 is 0.824 bits per heavy atom. The molecule has 0 aliphatic heterocycles. The van der Waals surface area contributed by atoms with E-state index in [9.17, 15) is 5.11 Å². The third-order valence-corrected chi connectivity index (χ3v) is 6.48.